The third-order valence-corrected chi connectivity index (χ3v) is 4.42. The first-order valence-electron chi connectivity index (χ1n) is 5.63. The number of hydrogen-bond donors (Lipinski definition) is 0. The van der Waals surface area contributed by atoms with Crippen molar-refractivity contribution >= 4 is 17.1 Å². The molecule has 0 spiro atoms. The number of Topliss-reactive ketones (excluding diaryl/α,β-unsaturated/α-hetero) is 1. The minimum Gasteiger partial charge on any atom is -0.294 e. The van der Waals surface area contributed by atoms with Gasteiger partial charge >= 0.3 is 0 Å². The molecule has 2 nitrogen and oxygen atoms in total. The van der Waals surface area contributed by atoms with Crippen molar-refractivity contribution in [3.63, 3.8) is 0 Å². The van der Waals surface area contributed by atoms with Gasteiger partial charge in [0, 0.05) is 19.0 Å². The molecule has 15 heavy (non-hydrogen) atoms. The van der Waals surface area contributed by atoms with Crippen LogP contribution in [0.5, 0.6) is 0 Å². The van der Waals surface area contributed by atoms with E-state index >= 15 is 0 Å². The van der Waals surface area contributed by atoms with Crippen LogP contribution < -0.4 is 0 Å². The Morgan fingerprint density at radius 3 is 2.93 bits per heavy atom. The van der Waals surface area contributed by atoms with Crippen molar-refractivity contribution < 1.29 is 4.79 Å². The smallest absolute Gasteiger partial charge is 0.171 e. The summed E-state index contributed by atoms with van der Waals surface area (Å²) in [6.45, 7) is 3.92. The second-order valence-corrected chi connectivity index (χ2v) is 5.65. The van der Waals surface area contributed by atoms with Crippen LogP contribution in [-0.4, -0.2) is 10.8 Å². The van der Waals surface area contributed by atoms with E-state index in [1.165, 1.54) is 30.7 Å². The van der Waals surface area contributed by atoms with Gasteiger partial charge in [0.05, 0.1) is 9.88 Å². The highest BCUT2D eigenvalue weighted by Crippen LogP contribution is 2.37. The minimum atomic E-state index is 0.141. The Morgan fingerprint density at radius 2 is 2.33 bits per heavy atom. The summed E-state index contributed by atoms with van der Waals surface area (Å²) >= 11 is 1.59. The fourth-order valence-corrected chi connectivity index (χ4v) is 3.26. The molecule has 0 bridgehead atoms. The van der Waals surface area contributed by atoms with Crippen LogP contribution in [0.1, 0.15) is 60.1 Å². The second kappa shape index (κ2) is 4.44. The normalized spacial score (nSPS) is 26.5. The maximum absolute atomic E-state index is 11.2. The summed E-state index contributed by atoms with van der Waals surface area (Å²) in [6.07, 6.45) is 6.88. The van der Waals surface area contributed by atoms with Crippen LogP contribution in [-0.2, 0) is 0 Å². The average molecular weight is 223 g/mol. The summed E-state index contributed by atoms with van der Waals surface area (Å²) in [5.74, 6) is 1.56. The number of carbonyl (C=O) groups excluding carboxylic acids is 1. The van der Waals surface area contributed by atoms with E-state index in [0.717, 1.165) is 10.8 Å². The Kier molecular flexibility index (Phi) is 3.19. The quantitative estimate of drug-likeness (QED) is 0.716. The number of carbonyl (C=O) groups is 1. The zero-order valence-electron chi connectivity index (χ0n) is 9.32. The molecular weight excluding hydrogens is 206 g/mol. The van der Waals surface area contributed by atoms with Crippen LogP contribution in [0.25, 0.3) is 0 Å². The Bertz CT molecular complexity index is 358. The molecule has 2 rings (SSSR count). The number of hydrogen-bond acceptors (Lipinski definition) is 3. The first-order valence-corrected chi connectivity index (χ1v) is 6.45. The average Bonchev–Trinajstić information content (AvgIpc) is 2.66. The van der Waals surface area contributed by atoms with E-state index in [1.54, 1.807) is 24.5 Å². The van der Waals surface area contributed by atoms with Crippen molar-refractivity contribution in [2.45, 2.75) is 45.4 Å². The van der Waals surface area contributed by atoms with Crippen molar-refractivity contribution in [1.29, 1.82) is 0 Å². The Labute approximate surface area is 94.7 Å². The summed E-state index contributed by atoms with van der Waals surface area (Å²) < 4.78 is 0. The lowest BCUT2D eigenvalue weighted by atomic mass is 9.83. The van der Waals surface area contributed by atoms with Gasteiger partial charge in [-0.2, -0.15) is 0 Å². The van der Waals surface area contributed by atoms with Gasteiger partial charge in [0.15, 0.2) is 5.78 Å². The zero-order valence-corrected chi connectivity index (χ0v) is 10.1. The van der Waals surface area contributed by atoms with Gasteiger partial charge in [0.25, 0.3) is 0 Å². The van der Waals surface area contributed by atoms with Gasteiger partial charge in [-0.3, -0.25) is 4.79 Å². The summed E-state index contributed by atoms with van der Waals surface area (Å²) in [7, 11) is 0. The predicted octanol–water partition coefficient (Wildman–Crippen LogP) is 3.64. The number of rotatable bonds is 2. The molecule has 1 aliphatic carbocycles. The van der Waals surface area contributed by atoms with E-state index < -0.39 is 0 Å². The zero-order chi connectivity index (χ0) is 10.8. The number of nitrogens with zero attached hydrogens (tertiary/aromatic N) is 1. The molecule has 1 fully saturated rings. The maximum atomic E-state index is 11.2. The van der Waals surface area contributed by atoms with E-state index in [2.05, 4.69) is 11.9 Å². The van der Waals surface area contributed by atoms with Crippen LogP contribution in [0.4, 0.5) is 0 Å². The largest absolute Gasteiger partial charge is 0.294 e. The van der Waals surface area contributed by atoms with Gasteiger partial charge < -0.3 is 0 Å². The molecule has 1 heterocycles. The van der Waals surface area contributed by atoms with Crippen molar-refractivity contribution in [3.05, 3.63) is 16.1 Å². The summed E-state index contributed by atoms with van der Waals surface area (Å²) in [6, 6.07) is 0. The van der Waals surface area contributed by atoms with E-state index in [1.807, 2.05) is 0 Å². The second-order valence-electron chi connectivity index (χ2n) is 4.59. The molecule has 1 saturated carbocycles. The highest BCUT2D eigenvalue weighted by atomic mass is 32.1. The lowest BCUT2D eigenvalue weighted by Gasteiger charge is -2.24. The van der Waals surface area contributed by atoms with Crippen LogP contribution in [0.2, 0.25) is 0 Å². The molecule has 0 aliphatic heterocycles. The summed E-state index contributed by atoms with van der Waals surface area (Å²) in [5, 5.41) is 1.17. The van der Waals surface area contributed by atoms with Crippen LogP contribution in [0.3, 0.4) is 0 Å². The lowest BCUT2D eigenvalue weighted by Crippen LogP contribution is -2.11. The Hall–Kier alpha value is -0.700. The molecule has 2 unspecified atom stereocenters. The highest BCUT2D eigenvalue weighted by Gasteiger charge is 2.23. The molecule has 2 atom stereocenters. The van der Waals surface area contributed by atoms with Crippen molar-refractivity contribution in [2.75, 3.05) is 0 Å². The Balaban J connectivity index is 2.11. The number of thiazole rings is 1. The summed E-state index contributed by atoms with van der Waals surface area (Å²) in [4.78, 5) is 16.4. The fourth-order valence-electron chi connectivity index (χ4n) is 2.30. The first-order chi connectivity index (χ1) is 7.16. The standard InChI is InChI=1S/C12H17NOS/c1-8-4-3-5-10(6-8)12-13-7-11(15-12)9(2)14/h7-8,10H,3-6H2,1-2H3. The van der Waals surface area contributed by atoms with Gasteiger partial charge in [-0.1, -0.05) is 19.8 Å². The van der Waals surface area contributed by atoms with Crippen molar-refractivity contribution in [1.82, 2.24) is 4.98 Å². The van der Waals surface area contributed by atoms with Gasteiger partial charge in [0.1, 0.15) is 0 Å². The Morgan fingerprint density at radius 1 is 1.53 bits per heavy atom. The molecule has 1 aromatic heterocycles. The fraction of sp³-hybridized carbons (Fsp3) is 0.667. The third kappa shape index (κ3) is 2.46. The molecule has 1 aromatic rings. The van der Waals surface area contributed by atoms with Gasteiger partial charge in [-0.25, -0.2) is 4.98 Å². The molecule has 3 heteroatoms. The van der Waals surface area contributed by atoms with Gasteiger partial charge in [-0.15, -0.1) is 11.3 Å². The van der Waals surface area contributed by atoms with E-state index in [9.17, 15) is 4.79 Å². The highest BCUT2D eigenvalue weighted by molar-refractivity contribution is 7.13. The van der Waals surface area contributed by atoms with E-state index in [-0.39, 0.29) is 5.78 Å². The molecule has 0 radical (unpaired) electrons. The van der Waals surface area contributed by atoms with Crippen molar-refractivity contribution in [3.8, 4) is 0 Å². The minimum absolute atomic E-state index is 0.141. The molecule has 0 amide bonds. The topological polar surface area (TPSA) is 30.0 Å². The molecule has 82 valence electrons. The SMILES string of the molecule is CC(=O)c1cnc(C2CCCC(C)C2)s1. The van der Waals surface area contributed by atoms with Crippen LogP contribution in [0, 0.1) is 5.92 Å². The molecule has 0 N–H and O–H groups in total. The third-order valence-electron chi connectivity index (χ3n) is 3.16. The number of ketones is 1. The van der Waals surface area contributed by atoms with E-state index in [4.69, 9.17) is 0 Å². The lowest BCUT2D eigenvalue weighted by molar-refractivity contribution is 0.102. The number of aromatic nitrogens is 1. The molecule has 0 saturated heterocycles. The van der Waals surface area contributed by atoms with Crippen LogP contribution >= 0.6 is 11.3 Å². The van der Waals surface area contributed by atoms with Gasteiger partial charge in [-0.05, 0) is 18.8 Å². The monoisotopic (exact) mass is 223 g/mol. The maximum Gasteiger partial charge on any atom is 0.171 e. The van der Waals surface area contributed by atoms with Crippen LogP contribution in [0.15, 0.2) is 6.20 Å². The summed E-state index contributed by atoms with van der Waals surface area (Å²) in [5.41, 5.74) is 0. The van der Waals surface area contributed by atoms with E-state index in [0.29, 0.717) is 5.92 Å². The molecule has 0 aromatic carbocycles. The predicted molar refractivity (Wildman–Crippen MR) is 62.5 cm³/mol. The first kappa shape index (κ1) is 10.8. The van der Waals surface area contributed by atoms with Crippen molar-refractivity contribution in [2.24, 2.45) is 5.92 Å². The molecular formula is C12H17NOS. The van der Waals surface area contributed by atoms with Gasteiger partial charge in [0.2, 0.25) is 0 Å². The molecule has 1 aliphatic rings.